The fourth-order valence-electron chi connectivity index (χ4n) is 0.666. The molecule has 1 aromatic heterocycles. The molecule has 0 saturated heterocycles. The minimum Gasteiger partial charge on any atom is -0.239 e. The summed E-state index contributed by atoms with van der Waals surface area (Å²) in [6, 6.07) is 1.69. The molecule has 0 fully saturated rings. The van der Waals surface area contributed by atoms with Crippen LogP contribution in [0.1, 0.15) is 12.5 Å². The van der Waals surface area contributed by atoms with Gasteiger partial charge in [0, 0.05) is 6.54 Å². The maximum Gasteiger partial charge on any atom is 0.229 e. The van der Waals surface area contributed by atoms with Gasteiger partial charge in [0.25, 0.3) is 0 Å². The number of halogens is 1. The molecule has 0 atom stereocenters. The van der Waals surface area contributed by atoms with Gasteiger partial charge in [-0.2, -0.15) is 14.8 Å². The first-order valence-corrected chi connectivity index (χ1v) is 2.91. The SMILES string of the molecule is CCn1ncc(C#N)c1F. The second-order valence-corrected chi connectivity index (χ2v) is 1.78. The number of aryl methyl sites for hydroxylation is 1. The van der Waals surface area contributed by atoms with Crippen molar-refractivity contribution in [1.82, 2.24) is 9.78 Å². The summed E-state index contributed by atoms with van der Waals surface area (Å²) in [6.07, 6.45) is 1.22. The summed E-state index contributed by atoms with van der Waals surface area (Å²) in [4.78, 5) is 0. The fourth-order valence-corrected chi connectivity index (χ4v) is 0.666. The lowest BCUT2D eigenvalue weighted by molar-refractivity contribution is 0.469. The molecule has 0 radical (unpaired) electrons. The smallest absolute Gasteiger partial charge is 0.229 e. The molecule has 0 spiro atoms. The van der Waals surface area contributed by atoms with Crippen LogP contribution in [0.2, 0.25) is 0 Å². The van der Waals surface area contributed by atoms with E-state index in [1.165, 1.54) is 6.20 Å². The maximum atomic E-state index is 12.7. The average Bonchev–Trinajstić information content (AvgIpc) is 2.30. The van der Waals surface area contributed by atoms with Gasteiger partial charge in [-0.15, -0.1) is 0 Å². The van der Waals surface area contributed by atoms with Crippen LogP contribution >= 0.6 is 0 Å². The fraction of sp³-hybridized carbons (Fsp3) is 0.333. The van der Waals surface area contributed by atoms with Crippen molar-refractivity contribution in [3.63, 3.8) is 0 Å². The Hall–Kier alpha value is -1.37. The van der Waals surface area contributed by atoms with E-state index in [0.29, 0.717) is 6.54 Å². The van der Waals surface area contributed by atoms with E-state index < -0.39 is 5.95 Å². The Morgan fingerprint density at radius 1 is 1.90 bits per heavy atom. The van der Waals surface area contributed by atoms with Gasteiger partial charge in [0.1, 0.15) is 11.6 Å². The van der Waals surface area contributed by atoms with Crippen LogP contribution in [0.5, 0.6) is 0 Å². The van der Waals surface area contributed by atoms with E-state index in [2.05, 4.69) is 5.10 Å². The first-order valence-electron chi connectivity index (χ1n) is 2.91. The summed E-state index contributed by atoms with van der Waals surface area (Å²) in [7, 11) is 0. The third-order valence-corrected chi connectivity index (χ3v) is 1.20. The van der Waals surface area contributed by atoms with Crippen LogP contribution in [0.4, 0.5) is 4.39 Å². The second kappa shape index (κ2) is 2.48. The monoisotopic (exact) mass is 139 g/mol. The molecule has 0 aliphatic heterocycles. The summed E-state index contributed by atoms with van der Waals surface area (Å²) in [6.45, 7) is 2.21. The Labute approximate surface area is 57.7 Å². The van der Waals surface area contributed by atoms with Crippen LogP contribution in [0.3, 0.4) is 0 Å². The Morgan fingerprint density at radius 2 is 2.60 bits per heavy atom. The van der Waals surface area contributed by atoms with Crippen molar-refractivity contribution in [1.29, 1.82) is 5.26 Å². The van der Waals surface area contributed by atoms with Crippen LogP contribution in [0.15, 0.2) is 6.20 Å². The molecule has 1 rings (SSSR count). The summed E-state index contributed by atoms with van der Waals surface area (Å²) in [5, 5.41) is 11.9. The molecule has 52 valence electrons. The zero-order valence-electron chi connectivity index (χ0n) is 5.50. The van der Waals surface area contributed by atoms with Gasteiger partial charge >= 0.3 is 0 Å². The predicted molar refractivity (Wildman–Crippen MR) is 32.6 cm³/mol. The van der Waals surface area contributed by atoms with Crippen LogP contribution in [0, 0.1) is 17.3 Å². The summed E-state index contributed by atoms with van der Waals surface area (Å²) < 4.78 is 13.8. The predicted octanol–water partition coefficient (Wildman–Crippen LogP) is 0.914. The number of nitrogens with zero attached hydrogens (tertiary/aromatic N) is 3. The van der Waals surface area contributed by atoms with Crippen molar-refractivity contribution in [2.24, 2.45) is 0 Å². The van der Waals surface area contributed by atoms with Crippen LogP contribution in [-0.4, -0.2) is 9.78 Å². The van der Waals surface area contributed by atoms with Gasteiger partial charge in [-0.25, -0.2) is 4.68 Å². The molecule has 10 heavy (non-hydrogen) atoms. The van der Waals surface area contributed by atoms with E-state index in [1.54, 1.807) is 13.0 Å². The Morgan fingerprint density at radius 3 is 2.90 bits per heavy atom. The zero-order valence-corrected chi connectivity index (χ0v) is 5.50. The molecule has 1 heterocycles. The van der Waals surface area contributed by atoms with Gasteiger partial charge in [0.05, 0.1) is 6.20 Å². The lowest BCUT2D eigenvalue weighted by Crippen LogP contribution is -1.99. The molecule has 0 aliphatic carbocycles. The molecular formula is C6H6FN3. The first kappa shape index (κ1) is 6.75. The number of nitriles is 1. The molecule has 0 aliphatic rings. The van der Waals surface area contributed by atoms with Gasteiger partial charge in [0.2, 0.25) is 5.95 Å². The van der Waals surface area contributed by atoms with E-state index in [4.69, 9.17) is 5.26 Å². The Bertz CT molecular complexity index is 271. The lowest BCUT2D eigenvalue weighted by Gasteiger charge is -1.92. The lowest BCUT2D eigenvalue weighted by atomic mass is 10.4. The van der Waals surface area contributed by atoms with Crippen molar-refractivity contribution in [3.05, 3.63) is 17.7 Å². The number of hydrogen-bond acceptors (Lipinski definition) is 2. The molecule has 0 aromatic carbocycles. The molecule has 1 aromatic rings. The molecule has 0 unspecified atom stereocenters. The van der Waals surface area contributed by atoms with Gasteiger partial charge in [-0.1, -0.05) is 0 Å². The number of hydrogen-bond donors (Lipinski definition) is 0. The normalized spacial score (nSPS) is 9.30. The Kier molecular flexibility index (Phi) is 1.67. The van der Waals surface area contributed by atoms with E-state index >= 15 is 0 Å². The van der Waals surface area contributed by atoms with E-state index in [-0.39, 0.29) is 5.56 Å². The van der Waals surface area contributed by atoms with Crippen LogP contribution < -0.4 is 0 Å². The summed E-state index contributed by atoms with van der Waals surface area (Å²) >= 11 is 0. The van der Waals surface area contributed by atoms with Gasteiger partial charge < -0.3 is 0 Å². The van der Waals surface area contributed by atoms with E-state index in [9.17, 15) is 4.39 Å². The minimum absolute atomic E-state index is 0.00171. The maximum absolute atomic E-state index is 12.7. The molecule has 0 amide bonds. The standard InChI is InChI=1S/C6H6FN3/c1-2-10-6(7)5(3-8)4-9-10/h4H,2H2,1H3. The van der Waals surface area contributed by atoms with Crippen molar-refractivity contribution >= 4 is 0 Å². The molecule has 4 heteroatoms. The van der Waals surface area contributed by atoms with Gasteiger partial charge in [-0.05, 0) is 6.92 Å². The second-order valence-electron chi connectivity index (χ2n) is 1.78. The largest absolute Gasteiger partial charge is 0.239 e. The third-order valence-electron chi connectivity index (χ3n) is 1.20. The molecule has 3 nitrogen and oxygen atoms in total. The average molecular weight is 139 g/mol. The van der Waals surface area contributed by atoms with Crippen molar-refractivity contribution in [2.75, 3.05) is 0 Å². The number of rotatable bonds is 1. The molecule has 0 bridgehead atoms. The van der Waals surface area contributed by atoms with Gasteiger partial charge in [-0.3, -0.25) is 0 Å². The first-order chi connectivity index (χ1) is 4.79. The molecular weight excluding hydrogens is 133 g/mol. The number of aromatic nitrogens is 2. The Balaban J connectivity index is 3.12. The van der Waals surface area contributed by atoms with E-state index in [1.807, 2.05) is 0 Å². The van der Waals surface area contributed by atoms with E-state index in [0.717, 1.165) is 4.68 Å². The topological polar surface area (TPSA) is 41.6 Å². The molecule has 0 saturated carbocycles. The van der Waals surface area contributed by atoms with Crippen molar-refractivity contribution in [3.8, 4) is 6.07 Å². The van der Waals surface area contributed by atoms with Crippen molar-refractivity contribution < 1.29 is 4.39 Å². The van der Waals surface area contributed by atoms with Crippen molar-refractivity contribution in [2.45, 2.75) is 13.5 Å². The minimum atomic E-state index is -0.551. The zero-order chi connectivity index (χ0) is 7.56. The van der Waals surface area contributed by atoms with Crippen LogP contribution in [0.25, 0.3) is 0 Å². The van der Waals surface area contributed by atoms with Crippen LogP contribution in [-0.2, 0) is 6.54 Å². The molecule has 0 N–H and O–H groups in total. The highest BCUT2D eigenvalue weighted by atomic mass is 19.1. The van der Waals surface area contributed by atoms with Gasteiger partial charge in [0.15, 0.2) is 0 Å². The summed E-state index contributed by atoms with van der Waals surface area (Å²) in [5.74, 6) is -0.551. The highest BCUT2D eigenvalue weighted by Crippen LogP contribution is 2.03. The highest BCUT2D eigenvalue weighted by molar-refractivity contribution is 5.23. The summed E-state index contributed by atoms with van der Waals surface area (Å²) in [5.41, 5.74) is 0.00171. The third kappa shape index (κ3) is 0.860. The quantitative estimate of drug-likeness (QED) is 0.580. The highest BCUT2D eigenvalue weighted by Gasteiger charge is 2.06.